The lowest BCUT2D eigenvalue weighted by Crippen LogP contribution is -2.05. The molecule has 0 aliphatic carbocycles. The second kappa shape index (κ2) is 15.2. The van der Waals surface area contributed by atoms with E-state index in [1.807, 2.05) is 61.0 Å². The van der Waals surface area contributed by atoms with E-state index in [-0.39, 0.29) is 5.84 Å². The number of aromatic nitrogens is 1. The SMILES string of the molecule is C=C/C=C\C(=C)C(=C)CCC(=C)C(=N)/N=C(\C=C\c1ccc(-c2cncc3ccccc23)cc1)c1ccc(-c2ccccc2)cc1. The summed E-state index contributed by atoms with van der Waals surface area (Å²) in [6.45, 7) is 16.1. The molecular weight excluding hydrogens is 558 g/mol. The van der Waals surface area contributed by atoms with Gasteiger partial charge in [0.15, 0.2) is 0 Å². The molecule has 1 aromatic heterocycles. The highest BCUT2D eigenvalue weighted by Gasteiger charge is 2.09. The fourth-order valence-electron chi connectivity index (χ4n) is 5.04. The van der Waals surface area contributed by atoms with E-state index in [1.165, 1.54) is 5.39 Å². The van der Waals surface area contributed by atoms with Gasteiger partial charge in [-0.2, -0.15) is 0 Å². The van der Waals surface area contributed by atoms with Crippen molar-refractivity contribution in [2.75, 3.05) is 0 Å². The summed E-state index contributed by atoms with van der Waals surface area (Å²) < 4.78 is 0. The van der Waals surface area contributed by atoms with Crippen LogP contribution in [0.5, 0.6) is 0 Å². The van der Waals surface area contributed by atoms with Gasteiger partial charge in [0.2, 0.25) is 0 Å². The molecule has 0 aliphatic heterocycles. The summed E-state index contributed by atoms with van der Waals surface area (Å²) in [5, 5.41) is 11.1. The molecule has 4 aromatic carbocycles. The van der Waals surface area contributed by atoms with Crippen molar-refractivity contribution in [2.24, 2.45) is 4.99 Å². The maximum atomic E-state index is 8.78. The van der Waals surface area contributed by atoms with E-state index in [4.69, 9.17) is 10.4 Å². The number of amidine groups is 1. The number of fused-ring (bicyclic) bond motifs is 1. The Kier molecular flexibility index (Phi) is 10.4. The number of pyridine rings is 1. The van der Waals surface area contributed by atoms with Gasteiger partial charge in [0.05, 0.1) is 5.71 Å². The molecule has 0 saturated heterocycles. The van der Waals surface area contributed by atoms with E-state index in [2.05, 4.69) is 110 Å². The zero-order chi connectivity index (χ0) is 32.3. The van der Waals surface area contributed by atoms with Gasteiger partial charge in [0.25, 0.3) is 0 Å². The first-order valence-electron chi connectivity index (χ1n) is 15.2. The lowest BCUT2D eigenvalue weighted by molar-refractivity contribution is 0.974. The molecule has 0 bridgehead atoms. The molecule has 5 rings (SSSR count). The first kappa shape index (κ1) is 31.5. The van der Waals surface area contributed by atoms with E-state index in [9.17, 15) is 0 Å². The summed E-state index contributed by atoms with van der Waals surface area (Å²) in [5.41, 5.74) is 9.48. The normalized spacial score (nSPS) is 11.6. The molecule has 0 aliphatic rings. The molecule has 0 radical (unpaired) electrons. The fraction of sp³-hybridized carbons (Fsp3) is 0.0465. The third-order valence-electron chi connectivity index (χ3n) is 7.79. The number of hydrogen-bond donors (Lipinski definition) is 1. The van der Waals surface area contributed by atoms with Crippen molar-refractivity contribution < 1.29 is 0 Å². The highest BCUT2D eigenvalue weighted by Crippen LogP contribution is 2.28. The van der Waals surface area contributed by atoms with Crippen LogP contribution in [0.3, 0.4) is 0 Å². The third-order valence-corrected chi connectivity index (χ3v) is 7.79. The molecule has 1 heterocycles. The van der Waals surface area contributed by atoms with Crippen LogP contribution in [-0.4, -0.2) is 16.5 Å². The number of nitrogens with one attached hydrogen (secondary N) is 1. The highest BCUT2D eigenvalue weighted by atomic mass is 14.8. The first-order valence-corrected chi connectivity index (χ1v) is 15.2. The predicted octanol–water partition coefficient (Wildman–Crippen LogP) is 11.2. The molecule has 0 unspecified atom stereocenters. The average Bonchev–Trinajstić information content (AvgIpc) is 3.11. The minimum atomic E-state index is 0.144. The van der Waals surface area contributed by atoms with Crippen LogP contribution in [0.1, 0.15) is 24.0 Å². The van der Waals surface area contributed by atoms with Crippen molar-refractivity contribution >= 4 is 28.4 Å². The first-order chi connectivity index (χ1) is 22.4. The van der Waals surface area contributed by atoms with Crippen LogP contribution in [0.15, 0.2) is 188 Å². The summed E-state index contributed by atoms with van der Waals surface area (Å²) in [7, 11) is 0. The topological polar surface area (TPSA) is 49.1 Å². The standard InChI is InChI=1S/C43H37N3/c1-5-6-12-31(2)32(3)17-18-33(4)43(44)46-42(38-26-24-36(25-27-38)35-13-8-7-9-14-35)28-21-34-19-22-37(23-20-34)41-30-45-29-39-15-10-11-16-40(39)41/h5-16,19-30,44H,1-4,17-18H2/b12-6-,28-21+,44-43?,46-42+. The Morgan fingerprint density at radius 1 is 0.696 bits per heavy atom. The largest absolute Gasteiger partial charge is 0.283 e. The maximum Gasteiger partial charge on any atom is 0.147 e. The average molecular weight is 596 g/mol. The van der Waals surface area contributed by atoms with E-state index < -0.39 is 0 Å². The number of hydrogen-bond acceptors (Lipinski definition) is 2. The smallest absolute Gasteiger partial charge is 0.147 e. The van der Waals surface area contributed by atoms with E-state index in [1.54, 1.807) is 6.08 Å². The fourth-order valence-corrected chi connectivity index (χ4v) is 5.04. The molecule has 46 heavy (non-hydrogen) atoms. The molecule has 0 atom stereocenters. The van der Waals surface area contributed by atoms with Crippen molar-refractivity contribution in [1.82, 2.24) is 4.98 Å². The van der Waals surface area contributed by atoms with Crippen LogP contribution < -0.4 is 0 Å². The van der Waals surface area contributed by atoms with Crippen LogP contribution >= 0.6 is 0 Å². The van der Waals surface area contributed by atoms with Gasteiger partial charge in [-0.15, -0.1) is 0 Å². The summed E-state index contributed by atoms with van der Waals surface area (Å²) >= 11 is 0. The molecular formula is C43H37N3. The van der Waals surface area contributed by atoms with Gasteiger partial charge >= 0.3 is 0 Å². The Hall–Kier alpha value is -5.93. The van der Waals surface area contributed by atoms with Crippen LogP contribution in [0.4, 0.5) is 0 Å². The summed E-state index contributed by atoms with van der Waals surface area (Å²) in [4.78, 5) is 9.20. The van der Waals surface area contributed by atoms with Gasteiger partial charge in [0, 0.05) is 28.9 Å². The van der Waals surface area contributed by atoms with Crippen LogP contribution in [0.25, 0.3) is 39.1 Å². The van der Waals surface area contributed by atoms with E-state index in [0.717, 1.165) is 49.9 Å². The van der Waals surface area contributed by atoms with Crippen molar-refractivity contribution in [2.45, 2.75) is 12.8 Å². The Bertz CT molecular complexity index is 1980. The molecule has 5 aromatic rings. The predicted molar refractivity (Wildman–Crippen MR) is 198 cm³/mol. The van der Waals surface area contributed by atoms with E-state index in [0.29, 0.717) is 24.1 Å². The van der Waals surface area contributed by atoms with Crippen molar-refractivity contribution in [3.8, 4) is 22.3 Å². The Morgan fingerprint density at radius 2 is 1.35 bits per heavy atom. The van der Waals surface area contributed by atoms with Crippen LogP contribution in [0.2, 0.25) is 0 Å². The van der Waals surface area contributed by atoms with Crippen molar-refractivity contribution in [1.29, 1.82) is 5.41 Å². The molecule has 0 saturated carbocycles. The molecule has 3 heteroatoms. The number of nitrogens with zero attached hydrogens (tertiary/aromatic N) is 2. The molecule has 0 spiro atoms. The second-order valence-corrected chi connectivity index (χ2v) is 11.0. The number of benzene rings is 4. The molecule has 3 nitrogen and oxygen atoms in total. The molecule has 0 fully saturated rings. The second-order valence-electron chi connectivity index (χ2n) is 11.0. The zero-order valence-corrected chi connectivity index (χ0v) is 26.0. The summed E-state index contributed by atoms with van der Waals surface area (Å²) in [5.74, 6) is 0.144. The van der Waals surface area contributed by atoms with Crippen molar-refractivity contribution in [3.63, 3.8) is 0 Å². The maximum absolute atomic E-state index is 8.78. The molecule has 224 valence electrons. The van der Waals surface area contributed by atoms with Gasteiger partial charge < -0.3 is 0 Å². The monoisotopic (exact) mass is 595 g/mol. The van der Waals surface area contributed by atoms with Crippen molar-refractivity contribution in [3.05, 3.63) is 194 Å². The Morgan fingerprint density at radius 3 is 2.09 bits per heavy atom. The van der Waals surface area contributed by atoms with Gasteiger partial charge in [0.1, 0.15) is 5.84 Å². The Balaban J connectivity index is 1.39. The van der Waals surface area contributed by atoms with Gasteiger partial charge in [-0.05, 0) is 63.3 Å². The number of allylic oxidation sites excluding steroid dienone is 6. The van der Waals surface area contributed by atoms with Crippen LogP contribution in [-0.2, 0) is 0 Å². The lowest BCUT2D eigenvalue weighted by atomic mass is 9.99. The highest BCUT2D eigenvalue weighted by molar-refractivity contribution is 6.17. The zero-order valence-electron chi connectivity index (χ0n) is 26.0. The summed E-state index contributed by atoms with van der Waals surface area (Å²) in [6.07, 6.45) is 14.4. The van der Waals surface area contributed by atoms with Gasteiger partial charge in [-0.3, -0.25) is 10.4 Å². The number of rotatable bonds is 12. The lowest BCUT2D eigenvalue weighted by Gasteiger charge is -2.09. The minimum Gasteiger partial charge on any atom is -0.283 e. The molecule has 1 N–H and O–H groups in total. The Labute approximate surface area is 272 Å². The van der Waals surface area contributed by atoms with Crippen LogP contribution in [0, 0.1) is 5.41 Å². The molecule has 0 amide bonds. The van der Waals surface area contributed by atoms with Gasteiger partial charge in [-0.25, -0.2) is 4.99 Å². The third kappa shape index (κ3) is 7.96. The number of aliphatic imine (C=N–C) groups is 1. The minimum absolute atomic E-state index is 0.144. The van der Waals surface area contributed by atoms with E-state index >= 15 is 0 Å². The quantitative estimate of drug-likeness (QED) is 0.0870. The summed E-state index contributed by atoms with van der Waals surface area (Å²) in [6, 6.07) is 35.3. The van der Waals surface area contributed by atoms with Gasteiger partial charge in [-0.1, -0.05) is 154 Å².